The quantitative estimate of drug-likeness (QED) is 0.865. The molecule has 0 saturated heterocycles. The van der Waals surface area contributed by atoms with Crippen molar-refractivity contribution in [3.05, 3.63) is 35.9 Å². The standard InChI is InChI=1S/C15H22N2OS/c1-19-14-9-5-8-13(14)17-15(18)12(16)10-11-6-3-2-4-7-11/h2-4,6-7,12-14H,5,8-10,16H2,1H3,(H,17,18). The molecule has 3 atom stereocenters. The van der Waals surface area contributed by atoms with Crippen LogP contribution in [0.3, 0.4) is 0 Å². The number of benzene rings is 1. The number of rotatable bonds is 5. The summed E-state index contributed by atoms with van der Waals surface area (Å²) in [5, 5.41) is 3.66. The number of nitrogens with one attached hydrogen (secondary N) is 1. The van der Waals surface area contributed by atoms with Gasteiger partial charge in [0.15, 0.2) is 0 Å². The molecule has 0 bridgehead atoms. The van der Waals surface area contributed by atoms with Crippen LogP contribution in [0.15, 0.2) is 30.3 Å². The molecule has 4 heteroatoms. The smallest absolute Gasteiger partial charge is 0.237 e. The molecule has 1 fully saturated rings. The van der Waals surface area contributed by atoms with Crippen molar-refractivity contribution in [2.24, 2.45) is 5.73 Å². The second-order valence-corrected chi connectivity index (χ2v) is 6.19. The van der Waals surface area contributed by atoms with Crippen LogP contribution >= 0.6 is 11.8 Å². The van der Waals surface area contributed by atoms with Gasteiger partial charge in [-0.2, -0.15) is 11.8 Å². The molecule has 1 aromatic carbocycles. The summed E-state index contributed by atoms with van der Waals surface area (Å²) in [6.45, 7) is 0. The van der Waals surface area contributed by atoms with Gasteiger partial charge in [-0.1, -0.05) is 36.8 Å². The molecule has 1 aliphatic carbocycles. The topological polar surface area (TPSA) is 55.1 Å². The number of hydrogen-bond donors (Lipinski definition) is 2. The normalized spacial score (nSPS) is 24.1. The molecule has 3 nitrogen and oxygen atoms in total. The minimum absolute atomic E-state index is 0.0187. The minimum Gasteiger partial charge on any atom is -0.351 e. The summed E-state index contributed by atoms with van der Waals surface area (Å²) in [6.07, 6.45) is 6.18. The molecule has 3 N–H and O–H groups in total. The van der Waals surface area contributed by atoms with E-state index in [1.54, 1.807) is 0 Å². The lowest BCUT2D eigenvalue weighted by atomic mass is 10.1. The zero-order chi connectivity index (χ0) is 13.7. The van der Waals surface area contributed by atoms with Crippen LogP contribution in [0, 0.1) is 0 Å². The van der Waals surface area contributed by atoms with E-state index in [9.17, 15) is 4.79 Å². The molecule has 1 saturated carbocycles. The highest BCUT2D eigenvalue weighted by Crippen LogP contribution is 2.28. The third kappa shape index (κ3) is 3.98. The molecule has 2 rings (SSSR count). The predicted molar refractivity (Wildman–Crippen MR) is 81.2 cm³/mol. The number of nitrogens with two attached hydrogens (primary N) is 1. The Morgan fingerprint density at radius 2 is 2.16 bits per heavy atom. The first-order chi connectivity index (χ1) is 9.20. The fourth-order valence-electron chi connectivity index (χ4n) is 2.62. The first kappa shape index (κ1) is 14.4. The van der Waals surface area contributed by atoms with Gasteiger partial charge >= 0.3 is 0 Å². The summed E-state index contributed by atoms with van der Waals surface area (Å²) in [7, 11) is 0. The Hall–Kier alpha value is -1.00. The van der Waals surface area contributed by atoms with Crippen LogP contribution in [0.4, 0.5) is 0 Å². The Morgan fingerprint density at radius 1 is 1.42 bits per heavy atom. The lowest BCUT2D eigenvalue weighted by molar-refractivity contribution is -0.123. The van der Waals surface area contributed by atoms with Gasteiger partial charge in [-0.25, -0.2) is 0 Å². The maximum Gasteiger partial charge on any atom is 0.237 e. The van der Waals surface area contributed by atoms with E-state index in [-0.39, 0.29) is 5.91 Å². The number of amides is 1. The summed E-state index contributed by atoms with van der Waals surface area (Å²) in [5.41, 5.74) is 7.10. The van der Waals surface area contributed by atoms with Crippen molar-refractivity contribution in [2.45, 2.75) is 43.0 Å². The Balaban J connectivity index is 1.85. The van der Waals surface area contributed by atoms with Crippen LogP contribution < -0.4 is 11.1 Å². The zero-order valence-electron chi connectivity index (χ0n) is 11.3. The second-order valence-electron chi connectivity index (χ2n) is 5.12. The minimum atomic E-state index is -0.453. The maximum atomic E-state index is 12.1. The molecule has 19 heavy (non-hydrogen) atoms. The van der Waals surface area contributed by atoms with E-state index in [1.165, 1.54) is 12.8 Å². The molecule has 0 spiro atoms. The summed E-state index contributed by atoms with van der Waals surface area (Å²) in [5.74, 6) is -0.0187. The summed E-state index contributed by atoms with van der Waals surface area (Å²) < 4.78 is 0. The van der Waals surface area contributed by atoms with Crippen LogP contribution in [0.2, 0.25) is 0 Å². The van der Waals surface area contributed by atoms with Crippen LogP contribution in [-0.4, -0.2) is 29.5 Å². The molecule has 0 aliphatic heterocycles. The first-order valence-corrected chi connectivity index (χ1v) is 8.12. The third-order valence-corrected chi connectivity index (χ3v) is 4.89. The molecule has 1 amide bonds. The number of thioether (sulfide) groups is 1. The highest BCUT2D eigenvalue weighted by Gasteiger charge is 2.29. The summed E-state index contributed by atoms with van der Waals surface area (Å²) in [4.78, 5) is 12.1. The molecule has 3 unspecified atom stereocenters. The first-order valence-electron chi connectivity index (χ1n) is 6.83. The van der Waals surface area contributed by atoms with Gasteiger partial charge in [0, 0.05) is 11.3 Å². The summed E-state index contributed by atoms with van der Waals surface area (Å²) >= 11 is 1.84. The van der Waals surface area contributed by atoms with E-state index in [1.807, 2.05) is 42.1 Å². The van der Waals surface area contributed by atoms with Gasteiger partial charge in [-0.05, 0) is 31.1 Å². The van der Waals surface area contributed by atoms with Crippen LogP contribution in [-0.2, 0) is 11.2 Å². The van der Waals surface area contributed by atoms with Crippen molar-refractivity contribution in [3.63, 3.8) is 0 Å². The number of hydrogen-bond acceptors (Lipinski definition) is 3. The van der Waals surface area contributed by atoms with Gasteiger partial charge in [-0.15, -0.1) is 0 Å². The Labute approximate surface area is 119 Å². The lowest BCUT2D eigenvalue weighted by Crippen LogP contribution is -2.48. The van der Waals surface area contributed by atoms with Crippen molar-refractivity contribution in [2.75, 3.05) is 6.26 Å². The van der Waals surface area contributed by atoms with Crippen LogP contribution in [0.5, 0.6) is 0 Å². The largest absolute Gasteiger partial charge is 0.351 e. The molecular formula is C15H22N2OS. The van der Waals surface area contributed by atoms with E-state index in [4.69, 9.17) is 5.73 Å². The van der Waals surface area contributed by atoms with E-state index < -0.39 is 6.04 Å². The lowest BCUT2D eigenvalue weighted by Gasteiger charge is -2.21. The fourth-order valence-corrected chi connectivity index (χ4v) is 3.56. The van der Waals surface area contributed by atoms with Gasteiger partial charge in [0.1, 0.15) is 0 Å². The average Bonchev–Trinajstić information content (AvgIpc) is 2.87. The molecule has 1 aliphatic rings. The van der Waals surface area contributed by atoms with Crippen molar-refractivity contribution in [1.82, 2.24) is 5.32 Å². The van der Waals surface area contributed by atoms with Gasteiger partial charge < -0.3 is 11.1 Å². The van der Waals surface area contributed by atoms with Crippen LogP contribution in [0.25, 0.3) is 0 Å². The SMILES string of the molecule is CSC1CCCC1NC(=O)C(N)Cc1ccccc1. The fraction of sp³-hybridized carbons (Fsp3) is 0.533. The van der Waals surface area contributed by atoms with E-state index in [0.717, 1.165) is 12.0 Å². The Kier molecular flexibility index (Phi) is 5.28. The summed E-state index contributed by atoms with van der Waals surface area (Å²) in [6, 6.07) is 9.77. The zero-order valence-corrected chi connectivity index (χ0v) is 12.2. The number of carbonyl (C=O) groups is 1. The van der Waals surface area contributed by atoms with Gasteiger partial charge in [0.25, 0.3) is 0 Å². The monoisotopic (exact) mass is 278 g/mol. The Bertz CT molecular complexity index is 410. The molecule has 0 heterocycles. The molecule has 0 aromatic heterocycles. The molecular weight excluding hydrogens is 256 g/mol. The highest BCUT2D eigenvalue weighted by atomic mass is 32.2. The second kappa shape index (κ2) is 6.96. The highest BCUT2D eigenvalue weighted by molar-refractivity contribution is 7.99. The molecule has 104 valence electrons. The van der Waals surface area contributed by atoms with Gasteiger partial charge in [-0.3, -0.25) is 4.79 Å². The number of carbonyl (C=O) groups excluding carboxylic acids is 1. The van der Waals surface area contributed by atoms with E-state index >= 15 is 0 Å². The van der Waals surface area contributed by atoms with Crippen molar-refractivity contribution >= 4 is 17.7 Å². The maximum absolute atomic E-state index is 12.1. The van der Waals surface area contributed by atoms with Crippen LogP contribution in [0.1, 0.15) is 24.8 Å². The van der Waals surface area contributed by atoms with Crippen molar-refractivity contribution in [1.29, 1.82) is 0 Å². The van der Waals surface area contributed by atoms with E-state index in [2.05, 4.69) is 11.6 Å². The molecule has 1 aromatic rings. The predicted octanol–water partition coefficient (Wildman–Crippen LogP) is 1.96. The van der Waals surface area contributed by atoms with Gasteiger partial charge in [0.05, 0.1) is 6.04 Å². The Morgan fingerprint density at radius 3 is 2.84 bits per heavy atom. The third-order valence-electron chi connectivity index (χ3n) is 3.72. The van der Waals surface area contributed by atoms with Crippen molar-refractivity contribution < 1.29 is 4.79 Å². The van der Waals surface area contributed by atoms with E-state index in [0.29, 0.717) is 17.7 Å². The van der Waals surface area contributed by atoms with Gasteiger partial charge in [0.2, 0.25) is 5.91 Å². The average molecular weight is 278 g/mol. The van der Waals surface area contributed by atoms with Crippen molar-refractivity contribution in [3.8, 4) is 0 Å². The molecule has 0 radical (unpaired) electrons.